The molecule has 0 N–H and O–H groups in total. The summed E-state index contributed by atoms with van der Waals surface area (Å²) in [7, 11) is 0. The minimum Gasteiger partial charge on any atom is -0.491 e. The molecular formula is C11H16O2. The third-order valence-corrected chi connectivity index (χ3v) is 1.83. The zero-order chi connectivity index (χ0) is 9.68. The molecule has 0 radical (unpaired) electrons. The smallest absolute Gasteiger partial charge is 0.130 e. The summed E-state index contributed by atoms with van der Waals surface area (Å²) in [5.74, 6) is 0.934. The van der Waals surface area contributed by atoms with E-state index < -0.39 is 0 Å². The first-order valence-electron chi connectivity index (χ1n) is 4.66. The Kier molecular flexibility index (Phi) is 3.77. The van der Waals surface area contributed by atoms with E-state index in [1.54, 1.807) is 0 Å². The van der Waals surface area contributed by atoms with Gasteiger partial charge < -0.3 is 9.47 Å². The Morgan fingerprint density at radius 3 is 2.77 bits per heavy atom. The monoisotopic (exact) mass is 180 g/mol. The van der Waals surface area contributed by atoms with Gasteiger partial charge in [0.1, 0.15) is 19.0 Å². The van der Waals surface area contributed by atoms with Crippen LogP contribution in [0.1, 0.15) is 13.8 Å². The predicted molar refractivity (Wildman–Crippen MR) is 53.4 cm³/mol. The summed E-state index contributed by atoms with van der Waals surface area (Å²) in [5, 5.41) is 0. The van der Waals surface area contributed by atoms with Crippen molar-refractivity contribution in [1.29, 1.82) is 0 Å². The molecule has 72 valence electrons. The molecule has 0 aromatic heterocycles. The van der Waals surface area contributed by atoms with Crippen LogP contribution in [-0.4, -0.2) is 19.8 Å². The highest BCUT2D eigenvalue weighted by Crippen LogP contribution is 2.24. The third-order valence-electron chi connectivity index (χ3n) is 1.83. The largest absolute Gasteiger partial charge is 0.491 e. The van der Waals surface area contributed by atoms with E-state index in [1.807, 2.05) is 19.9 Å². The summed E-state index contributed by atoms with van der Waals surface area (Å²) in [4.78, 5) is 0. The fourth-order valence-electron chi connectivity index (χ4n) is 1.26. The van der Waals surface area contributed by atoms with Gasteiger partial charge in [0.25, 0.3) is 0 Å². The molecule has 0 saturated heterocycles. The van der Waals surface area contributed by atoms with Crippen molar-refractivity contribution in [3.8, 4) is 0 Å². The van der Waals surface area contributed by atoms with Crippen LogP contribution in [0.5, 0.6) is 0 Å². The fourth-order valence-corrected chi connectivity index (χ4v) is 1.26. The predicted octanol–water partition coefficient (Wildman–Crippen LogP) is 2.44. The molecule has 0 unspecified atom stereocenters. The summed E-state index contributed by atoms with van der Waals surface area (Å²) in [5.41, 5.74) is 2.14. The fraction of sp³-hybridized carbons (Fsp3) is 0.455. The molecule has 13 heavy (non-hydrogen) atoms. The first-order valence-corrected chi connectivity index (χ1v) is 4.66. The Labute approximate surface area is 79.5 Å². The lowest BCUT2D eigenvalue weighted by Gasteiger charge is -2.23. The van der Waals surface area contributed by atoms with Gasteiger partial charge in [-0.25, -0.2) is 0 Å². The van der Waals surface area contributed by atoms with Gasteiger partial charge in [-0.05, 0) is 11.6 Å². The zero-order valence-electron chi connectivity index (χ0n) is 8.30. The molecule has 2 aliphatic heterocycles. The molecule has 0 fully saturated rings. The highest BCUT2D eigenvalue weighted by molar-refractivity contribution is 5.43. The van der Waals surface area contributed by atoms with Crippen LogP contribution in [-0.2, 0) is 9.47 Å². The number of hydrogen-bond donors (Lipinski definition) is 0. The summed E-state index contributed by atoms with van der Waals surface area (Å²) >= 11 is 0. The molecule has 2 heteroatoms. The number of hydrogen-bond acceptors (Lipinski definition) is 2. The molecule has 2 rings (SSSR count). The molecule has 0 aromatic rings. The molecule has 0 saturated carbocycles. The Balaban J connectivity index is 0.000000396. The van der Waals surface area contributed by atoms with Gasteiger partial charge in [-0.2, -0.15) is 0 Å². The van der Waals surface area contributed by atoms with Gasteiger partial charge in [-0.15, -0.1) is 0 Å². The lowest BCUT2D eigenvalue weighted by molar-refractivity contribution is 0.106. The van der Waals surface area contributed by atoms with E-state index in [0.29, 0.717) is 19.8 Å². The number of rotatable bonds is 0. The van der Waals surface area contributed by atoms with Gasteiger partial charge in [-0.1, -0.05) is 26.5 Å². The average Bonchev–Trinajstić information content (AvgIpc) is 2.22. The van der Waals surface area contributed by atoms with Crippen LogP contribution in [0.3, 0.4) is 0 Å². The summed E-state index contributed by atoms with van der Waals surface area (Å²) in [6.45, 7) is 9.77. The highest BCUT2D eigenvalue weighted by Gasteiger charge is 2.17. The van der Waals surface area contributed by atoms with Gasteiger partial charge in [-0.3, -0.25) is 0 Å². The lowest BCUT2D eigenvalue weighted by Crippen LogP contribution is -2.17. The van der Waals surface area contributed by atoms with Gasteiger partial charge in [0, 0.05) is 5.57 Å². The van der Waals surface area contributed by atoms with Crippen LogP contribution in [0.2, 0.25) is 0 Å². The van der Waals surface area contributed by atoms with Crippen LogP contribution >= 0.6 is 0 Å². The molecule has 2 aliphatic rings. The quantitative estimate of drug-likeness (QED) is 0.570. The maximum Gasteiger partial charge on any atom is 0.130 e. The van der Waals surface area contributed by atoms with E-state index in [4.69, 9.17) is 9.47 Å². The average molecular weight is 180 g/mol. The maximum atomic E-state index is 5.36. The van der Waals surface area contributed by atoms with Crippen molar-refractivity contribution in [2.24, 2.45) is 0 Å². The van der Waals surface area contributed by atoms with Crippen molar-refractivity contribution in [2.45, 2.75) is 13.8 Å². The SMILES string of the molecule is C=C1COCC2=C1C=CCO2.CC. The minimum absolute atomic E-state index is 0.596. The van der Waals surface area contributed by atoms with E-state index in [9.17, 15) is 0 Å². The van der Waals surface area contributed by atoms with Gasteiger partial charge in [0.15, 0.2) is 0 Å². The van der Waals surface area contributed by atoms with E-state index in [0.717, 1.165) is 16.9 Å². The summed E-state index contributed by atoms with van der Waals surface area (Å²) in [6.07, 6.45) is 4.05. The van der Waals surface area contributed by atoms with Crippen molar-refractivity contribution in [2.75, 3.05) is 19.8 Å². The molecular weight excluding hydrogens is 164 g/mol. The minimum atomic E-state index is 0.596. The van der Waals surface area contributed by atoms with Gasteiger partial charge >= 0.3 is 0 Å². The Morgan fingerprint density at radius 2 is 2.08 bits per heavy atom. The Morgan fingerprint density at radius 1 is 1.31 bits per heavy atom. The standard InChI is InChI=1S/C9H10O2.C2H6/c1-7-5-10-6-9-8(7)3-2-4-11-9;1-2/h2-3H,1,4-6H2;1-2H3. The van der Waals surface area contributed by atoms with Crippen LogP contribution in [0.15, 0.2) is 35.6 Å². The molecule has 0 aliphatic carbocycles. The Bertz CT molecular complexity index is 249. The van der Waals surface area contributed by atoms with Crippen molar-refractivity contribution in [3.05, 3.63) is 35.6 Å². The van der Waals surface area contributed by atoms with Gasteiger partial charge in [0.2, 0.25) is 0 Å². The van der Waals surface area contributed by atoms with E-state index in [2.05, 4.69) is 12.7 Å². The lowest BCUT2D eigenvalue weighted by atomic mass is 10.0. The molecule has 0 atom stereocenters. The second-order valence-electron chi connectivity index (χ2n) is 2.65. The van der Waals surface area contributed by atoms with Crippen molar-refractivity contribution < 1.29 is 9.47 Å². The Hall–Kier alpha value is -1.02. The first kappa shape index (κ1) is 10.1. The molecule has 0 bridgehead atoms. The molecule has 0 spiro atoms. The van der Waals surface area contributed by atoms with Crippen molar-refractivity contribution >= 4 is 0 Å². The van der Waals surface area contributed by atoms with E-state index in [-0.39, 0.29) is 0 Å². The second kappa shape index (κ2) is 4.87. The number of allylic oxidation sites excluding steroid dienone is 1. The van der Waals surface area contributed by atoms with Crippen molar-refractivity contribution in [1.82, 2.24) is 0 Å². The maximum absolute atomic E-state index is 5.36. The van der Waals surface area contributed by atoms with E-state index in [1.165, 1.54) is 0 Å². The highest BCUT2D eigenvalue weighted by atomic mass is 16.5. The van der Waals surface area contributed by atoms with Crippen LogP contribution in [0.25, 0.3) is 0 Å². The third kappa shape index (κ3) is 2.22. The summed E-state index contributed by atoms with van der Waals surface area (Å²) < 4.78 is 10.6. The molecule has 0 aromatic carbocycles. The molecule has 0 amide bonds. The first-order chi connectivity index (χ1) is 6.38. The van der Waals surface area contributed by atoms with E-state index >= 15 is 0 Å². The topological polar surface area (TPSA) is 18.5 Å². The van der Waals surface area contributed by atoms with Crippen molar-refractivity contribution in [3.63, 3.8) is 0 Å². The second-order valence-corrected chi connectivity index (χ2v) is 2.65. The summed E-state index contributed by atoms with van der Waals surface area (Å²) in [6, 6.07) is 0. The van der Waals surface area contributed by atoms with Crippen LogP contribution in [0, 0.1) is 0 Å². The number of ether oxygens (including phenoxy) is 2. The van der Waals surface area contributed by atoms with Gasteiger partial charge in [0.05, 0.1) is 6.61 Å². The normalized spacial score (nSPS) is 20.0. The van der Waals surface area contributed by atoms with Crippen LogP contribution in [0.4, 0.5) is 0 Å². The molecule has 2 heterocycles. The van der Waals surface area contributed by atoms with Crippen LogP contribution < -0.4 is 0 Å². The molecule has 2 nitrogen and oxygen atoms in total. The zero-order valence-corrected chi connectivity index (χ0v) is 8.30.